The second-order valence-electron chi connectivity index (χ2n) is 4.77. The van der Waals surface area contributed by atoms with Gasteiger partial charge in [-0.3, -0.25) is 0 Å². The van der Waals surface area contributed by atoms with Gasteiger partial charge in [0.15, 0.2) is 0 Å². The van der Waals surface area contributed by atoms with Crippen LogP contribution in [-0.2, 0) is 6.54 Å². The summed E-state index contributed by atoms with van der Waals surface area (Å²) in [5, 5.41) is 3.58. The first-order valence-electron chi connectivity index (χ1n) is 5.49. The topological polar surface area (TPSA) is 12.0 Å². The summed E-state index contributed by atoms with van der Waals surface area (Å²) in [5.41, 5.74) is 4.38. The van der Waals surface area contributed by atoms with E-state index in [0.717, 1.165) is 12.5 Å². The van der Waals surface area contributed by atoms with Crippen LogP contribution in [0.4, 0.5) is 0 Å². The van der Waals surface area contributed by atoms with Crippen molar-refractivity contribution in [3.63, 3.8) is 0 Å². The van der Waals surface area contributed by atoms with Gasteiger partial charge in [-0.05, 0) is 30.4 Å². The number of benzene rings is 1. The van der Waals surface area contributed by atoms with Gasteiger partial charge in [0.25, 0.3) is 0 Å². The van der Waals surface area contributed by atoms with Crippen LogP contribution < -0.4 is 5.32 Å². The molecule has 1 unspecified atom stereocenters. The molecular formula is C13H19N. The maximum atomic E-state index is 3.58. The van der Waals surface area contributed by atoms with Crippen LogP contribution in [0.5, 0.6) is 0 Å². The van der Waals surface area contributed by atoms with Crippen LogP contribution in [0.2, 0.25) is 0 Å². The van der Waals surface area contributed by atoms with E-state index in [4.69, 9.17) is 0 Å². The average molecular weight is 189 g/mol. The van der Waals surface area contributed by atoms with E-state index in [9.17, 15) is 0 Å². The van der Waals surface area contributed by atoms with Gasteiger partial charge in [-0.25, -0.2) is 0 Å². The van der Waals surface area contributed by atoms with Gasteiger partial charge in [-0.15, -0.1) is 0 Å². The van der Waals surface area contributed by atoms with Crippen molar-refractivity contribution in [2.75, 3.05) is 0 Å². The summed E-state index contributed by atoms with van der Waals surface area (Å²) in [4.78, 5) is 0. The molecule has 1 aliphatic heterocycles. The number of nitrogens with one attached hydrogen (secondary N) is 1. The van der Waals surface area contributed by atoms with Crippen molar-refractivity contribution in [3.8, 4) is 0 Å². The molecule has 1 atom stereocenters. The Morgan fingerprint density at radius 3 is 2.93 bits per heavy atom. The maximum Gasteiger partial charge on any atom is 0.0328 e. The van der Waals surface area contributed by atoms with Crippen LogP contribution in [-0.4, -0.2) is 0 Å². The number of rotatable bonds is 2. The summed E-state index contributed by atoms with van der Waals surface area (Å²) >= 11 is 0. The summed E-state index contributed by atoms with van der Waals surface area (Å²) in [6, 6.07) is 7.41. The van der Waals surface area contributed by atoms with Crippen LogP contribution in [0.25, 0.3) is 0 Å². The molecule has 1 heteroatoms. The SMILES string of the molecule is Cc1ccc2c(c1)CNC2CC(C)C. The molecule has 1 N–H and O–H groups in total. The molecule has 1 aromatic rings. The van der Waals surface area contributed by atoms with E-state index in [2.05, 4.69) is 44.3 Å². The zero-order valence-electron chi connectivity index (χ0n) is 9.30. The van der Waals surface area contributed by atoms with E-state index >= 15 is 0 Å². The molecule has 0 spiro atoms. The van der Waals surface area contributed by atoms with Gasteiger partial charge in [0, 0.05) is 12.6 Å². The minimum atomic E-state index is 0.589. The first kappa shape index (κ1) is 9.72. The molecule has 0 amide bonds. The number of fused-ring (bicyclic) bond motifs is 1. The monoisotopic (exact) mass is 189 g/mol. The van der Waals surface area contributed by atoms with E-state index in [1.807, 2.05) is 0 Å². The van der Waals surface area contributed by atoms with Crippen molar-refractivity contribution in [1.82, 2.24) is 5.32 Å². The van der Waals surface area contributed by atoms with Crippen LogP contribution >= 0.6 is 0 Å². The molecule has 0 fully saturated rings. The van der Waals surface area contributed by atoms with Crippen LogP contribution in [0.15, 0.2) is 18.2 Å². The Kier molecular flexibility index (Phi) is 2.60. The predicted octanol–water partition coefficient (Wildman–Crippen LogP) is 3.19. The summed E-state index contributed by atoms with van der Waals surface area (Å²) in [7, 11) is 0. The molecule has 0 saturated carbocycles. The lowest BCUT2D eigenvalue weighted by molar-refractivity contribution is 0.455. The Bertz CT molecular complexity index is 328. The zero-order chi connectivity index (χ0) is 10.1. The van der Waals surface area contributed by atoms with Crippen LogP contribution in [0, 0.1) is 12.8 Å². The highest BCUT2D eigenvalue weighted by atomic mass is 14.9. The van der Waals surface area contributed by atoms with E-state index in [0.29, 0.717) is 6.04 Å². The van der Waals surface area contributed by atoms with Gasteiger partial charge in [0.1, 0.15) is 0 Å². The minimum absolute atomic E-state index is 0.589. The first-order valence-corrected chi connectivity index (χ1v) is 5.49. The molecule has 0 bridgehead atoms. The van der Waals surface area contributed by atoms with E-state index in [1.165, 1.54) is 23.1 Å². The Labute approximate surface area is 86.5 Å². The molecule has 0 aromatic heterocycles. The lowest BCUT2D eigenvalue weighted by Gasteiger charge is -2.14. The largest absolute Gasteiger partial charge is 0.306 e. The summed E-state index contributed by atoms with van der Waals surface area (Å²) < 4.78 is 0. The molecular weight excluding hydrogens is 170 g/mol. The average Bonchev–Trinajstić information content (AvgIpc) is 2.47. The highest BCUT2D eigenvalue weighted by Crippen LogP contribution is 2.30. The zero-order valence-corrected chi connectivity index (χ0v) is 9.30. The Morgan fingerprint density at radius 1 is 1.43 bits per heavy atom. The number of aryl methyl sites for hydroxylation is 1. The molecule has 0 aliphatic carbocycles. The third kappa shape index (κ3) is 1.83. The standard InChI is InChI=1S/C13H19N/c1-9(2)6-13-12-5-4-10(3)7-11(12)8-14-13/h4-5,7,9,13-14H,6,8H2,1-3H3. The predicted molar refractivity (Wildman–Crippen MR) is 60.2 cm³/mol. The molecule has 0 radical (unpaired) electrons. The molecule has 1 aromatic carbocycles. The third-order valence-corrected chi connectivity index (χ3v) is 2.92. The molecule has 1 heterocycles. The fourth-order valence-electron chi connectivity index (χ4n) is 2.25. The highest BCUT2D eigenvalue weighted by molar-refractivity contribution is 5.36. The lowest BCUT2D eigenvalue weighted by atomic mass is 9.96. The number of hydrogen-bond acceptors (Lipinski definition) is 1. The van der Waals surface area contributed by atoms with Crippen molar-refractivity contribution < 1.29 is 0 Å². The van der Waals surface area contributed by atoms with Crippen LogP contribution in [0.1, 0.15) is 43.0 Å². The normalized spacial score (nSPS) is 20.1. The van der Waals surface area contributed by atoms with Crippen molar-refractivity contribution in [2.45, 2.75) is 39.8 Å². The van der Waals surface area contributed by atoms with Crippen molar-refractivity contribution in [2.24, 2.45) is 5.92 Å². The van der Waals surface area contributed by atoms with Crippen molar-refractivity contribution in [3.05, 3.63) is 34.9 Å². The number of hydrogen-bond donors (Lipinski definition) is 1. The van der Waals surface area contributed by atoms with Gasteiger partial charge in [-0.2, -0.15) is 0 Å². The third-order valence-electron chi connectivity index (χ3n) is 2.92. The van der Waals surface area contributed by atoms with E-state index in [-0.39, 0.29) is 0 Å². The Balaban J connectivity index is 2.22. The molecule has 2 rings (SSSR count). The van der Waals surface area contributed by atoms with Crippen LogP contribution in [0.3, 0.4) is 0 Å². The van der Waals surface area contributed by atoms with Crippen molar-refractivity contribution in [1.29, 1.82) is 0 Å². The molecule has 14 heavy (non-hydrogen) atoms. The summed E-state index contributed by atoms with van der Waals surface area (Å²) in [6.45, 7) is 7.78. The van der Waals surface area contributed by atoms with Gasteiger partial charge < -0.3 is 5.32 Å². The second kappa shape index (κ2) is 3.74. The van der Waals surface area contributed by atoms with Gasteiger partial charge >= 0.3 is 0 Å². The van der Waals surface area contributed by atoms with E-state index in [1.54, 1.807) is 0 Å². The fourth-order valence-corrected chi connectivity index (χ4v) is 2.25. The quantitative estimate of drug-likeness (QED) is 0.753. The van der Waals surface area contributed by atoms with Gasteiger partial charge in [-0.1, -0.05) is 37.6 Å². The second-order valence-corrected chi connectivity index (χ2v) is 4.77. The Morgan fingerprint density at radius 2 is 2.21 bits per heavy atom. The molecule has 1 aliphatic rings. The maximum absolute atomic E-state index is 3.58. The smallest absolute Gasteiger partial charge is 0.0328 e. The molecule has 76 valence electrons. The first-order chi connectivity index (χ1) is 6.66. The van der Waals surface area contributed by atoms with Crippen molar-refractivity contribution >= 4 is 0 Å². The highest BCUT2D eigenvalue weighted by Gasteiger charge is 2.21. The van der Waals surface area contributed by atoms with E-state index < -0.39 is 0 Å². The lowest BCUT2D eigenvalue weighted by Crippen LogP contribution is -2.13. The van der Waals surface area contributed by atoms with Gasteiger partial charge in [0.05, 0.1) is 0 Å². The molecule has 1 nitrogen and oxygen atoms in total. The summed E-state index contributed by atoms with van der Waals surface area (Å²) in [5.74, 6) is 0.764. The Hall–Kier alpha value is -0.820. The molecule has 0 saturated heterocycles. The fraction of sp³-hybridized carbons (Fsp3) is 0.538. The van der Waals surface area contributed by atoms with Gasteiger partial charge in [0.2, 0.25) is 0 Å². The minimum Gasteiger partial charge on any atom is -0.306 e. The summed E-state index contributed by atoms with van der Waals surface area (Å²) in [6.07, 6.45) is 1.25.